The minimum atomic E-state index is -0.109. The highest BCUT2D eigenvalue weighted by Gasteiger charge is 2.31. The number of rotatable bonds is 5. The number of piperidine rings is 1. The van der Waals surface area contributed by atoms with Crippen molar-refractivity contribution in [3.63, 3.8) is 0 Å². The van der Waals surface area contributed by atoms with Crippen molar-refractivity contribution in [1.29, 1.82) is 0 Å². The van der Waals surface area contributed by atoms with Crippen LogP contribution in [0.5, 0.6) is 0 Å². The molecule has 0 radical (unpaired) electrons. The first-order valence-electron chi connectivity index (χ1n) is 9.20. The number of nitrogens with one attached hydrogen (secondary N) is 1. The summed E-state index contributed by atoms with van der Waals surface area (Å²) < 4.78 is 0. The molecular formula is C22H28N2O. The third-order valence-corrected chi connectivity index (χ3v) is 5.23. The molecule has 2 aromatic carbocycles. The molecule has 1 heterocycles. The second kappa shape index (κ2) is 7.83. The summed E-state index contributed by atoms with van der Waals surface area (Å²) in [5.41, 5.74) is 2.32. The molecule has 1 fully saturated rings. The fraction of sp³-hybridized carbons (Fsp3) is 0.409. The monoisotopic (exact) mass is 336 g/mol. The Balaban J connectivity index is 1.75. The van der Waals surface area contributed by atoms with Gasteiger partial charge >= 0.3 is 0 Å². The predicted molar refractivity (Wildman–Crippen MR) is 102 cm³/mol. The molecule has 0 atom stereocenters. The summed E-state index contributed by atoms with van der Waals surface area (Å²) in [6.45, 7) is 5.95. The smallest absolute Gasteiger partial charge is 0.234 e. The molecule has 1 N–H and O–H groups in total. The number of carbonyl (C=O) groups is 1. The van der Waals surface area contributed by atoms with Gasteiger partial charge in [-0.1, -0.05) is 67.1 Å². The van der Waals surface area contributed by atoms with Crippen molar-refractivity contribution in [1.82, 2.24) is 10.2 Å². The van der Waals surface area contributed by atoms with Crippen LogP contribution >= 0.6 is 0 Å². The topological polar surface area (TPSA) is 32.3 Å². The predicted octanol–water partition coefficient (Wildman–Crippen LogP) is 4.16. The highest BCUT2D eigenvalue weighted by Crippen LogP contribution is 2.27. The summed E-state index contributed by atoms with van der Waals surface area (Å²) in [6.07, 6.45) is 3.58. The van der Waals surface area contributed by atoms with Crippen molar-refractivity contribution < 1.29 is 4.79 Å². The molecular weight excluding hydrogens is 308 g/mol. The van der Waals surface area contributed by atoms with Crippen LogP contribution in [-0.2, 0) is 4.79 Å². The number of hydrogen-bond donors (Lipinski definition) is 1. The van der Waals surface area contributed by atoms with Crippen LogP contribution in [-0.4, -0.2) is 29.4 Å². The van der Waals surface area contributed by atoms with E-state index in [0.29, 0.717) is 6.54 Å². The molecule has 0 bridgehead atoms. The third kappa shape index (κ3) is 4.49. The summed E-state index contributed by atoms with van der Waals surface area (Å²) in [7, 11) is 0. The Morgan fingerprint density at radius 1 is 1.00 bits per heavy atom. The normalized spacial score (nSPS) is 17.4. The fourth-order valence-electron chi connectivity index (χ4n) is 3.64. The number of likely N-dealkylation sites (tertiary alicyclic amines) is 1. The van der Waals surface area contributed by atoms with Gasteiger partial charge in [0.25, 0.3) is 0 Å². The Morgan fingerprint density at radius 2 is 1.56 bits per heavy atom. The van der Waals surface area contributed by atoms with Gasteiger partial charge in [0.15, 0.2) is 0 Å². The summed E-state index contributed by atoms with van der Waals surface area (Å²) >= 11 is 0. The van der Waals surface area contributed by atoms with Gasteiger partial charge in [0.1, 0.15) is 0 Å². The molecule has 1 aliphatic rings. The maximum atomic E-state index is 12.8. The lowest BCUT2D eigenvalue weighted by Gasteiger charge is -2.42. The van der Waals surface area contributed by atoms with E-state index in [1.54, 1.807) is 0 Å². The van der Waals surface area contributed by atoms with Gasteiger partial charge in [-0.15, -0.1) is 0 Å². The van der Waals surface area contributed by atoms with Crippen LogP contribution in [0.15, 0.2) is 60.7 Å². The summed E-state index contributed by atoms with van der Waals surface area (Å²) in [6, 6.07) is 20.3. The lowest BCUT2D eigenvalue weighted by atomic mass is 9.90. The summed E-state index contributed by atoms with van der Waals surface area (Å²) in [5, 5.41) is 3.25. The van der Waals surface area contributed by atoms with Crippen molar-refractivity contribution in [2.45, 2.75) is 44.7 Å². The summed E-state index contributed by atoms with van der Waals surface area (Å²) in [4.78, 5) is 15.1. The Labute approximate surface area is 151 Å². The SMILES string of the molecule is CC1(C)CCCCN1CC(=O)NC(c1ccccc1)c1ccccc1. The molecule has 25 heavy (non-hydrogen) atoms. The van der Waals surface area contributed by atoms with Gasteiger partial charge in [-0.2, -0.15) is 0 Å². The number of nitrogens with zero attached hydrogens (tertiary/aromatic N) is 1. The number of hydrogen-bond acceptors (Lipinski definition) is 2. The molecule has 0 aromatic heterocycles. The molecule has 0 spiro atoms. The minimum Gasteiger partial charge on any atom is -0.344 e. The zero-order chi connectivity index (χ0) is 17.7. The van der Waals surface area contributed by atoms with Crippen LogP contribution in [0.3, 0.4) is 0 Å². The second-order valence-corrected chi connectivity index (χ2v) is 7.51. The van der Waals surface area contributed by atoms with E-state index in [9.17, 15) is 4.79 Å². The third-order valence-electron chi connectivity index (χ3n) is 5.23. The second-order valence-electron chi connectivity index (χ2n) is 7.51. The van der Waals surface area contributed by atoms with Gasteiger partial charge in [-0.05, 0) is 44.4 Å². The van der Waals surface area contributed by atoms with E-state index in [4.69, 9.17) is 0 Å². The lowest BCUT2D eigenvalue weighted by Crippen LogP contribution is -2.51. The molecule has 2 aromatic rings. The highest BCUT2D eigenvalue weighted by atomic mass is 16.2. The van der Waals surface area contributed by atoms with E-state index in [1.165, 1.54) is 12.8 Å². The van der Waals surface area contributed by atoms with Crippen LogP contribution in [0.1, 0.15) is 50.3 Å². The standard InChI is InChI=1S/C22H28N2O/c1-22(2)15-9-10-16-24(22)17-20(25)23-21(18-11-5-3-6-12-18)19-13-7-4-8-14-19/h3-8,11-14,21H,9-10,15-17H2,1-2H3,(H,23,25). The van der Waals surface area contributed by atoms with E-state index >= 15 is 0 Å². The quantitative estimate of drug-likeness (QED) is 0.889. The maximum absolute atomic E-state index is 12.8. The number of benzene rings is 2. The maximum Gasteiger partial charge on any atom is 0.234 e. The van der Waals surface area contributed by atoms with Crippen LogP contribution in [0.25, 0.3) is 0 Å². The van der Waals surface area contributed by atoms with Gasteiger partial charge < -0.3 is 5.32 Å². The lowest BCUT2D eigenvalue weighted by molar-refractivity contribution is -0.124. The first-order valence-corrected chi connectivity index (χ1v) is 9.20. The molecule has 3 heteroatoms. The van der Waals surface area contributed by atoms with Crippen molar-refractivity contribution in [2.24, 2.45) is 0 Å². The van der Waals surface area contributed by atoms with Gasteiger partial charge in [-0.3, -0.25) is 9.69 Å². The molecule has 0 unspecified atom stereocenters. The molecule has 1 amide bonds. The molecule has 132 valence electrons. The van der Waals surface area contributed by atoms with E-state index < -0.39 is 0 Å². The molecule has 1 aliphatic heterocycles. The van der Waals surface area contributed by atoms with Crippen molar-refractivity contribution in [3.8, 4) is 0 Å². The van der Waals surface area contributed by atoms with E-state index in [0.717, 1.165) is 24.1 Å². The largest absolute Gasteiger partial charge is 0.344 e. The van der Waals surface area contributed by atoms with E-state index in [-0.39, 0.29) is 17.5 Å². The Hall–Kier alpha value is -2.13. The van der Waals surface area contributed by atoms with Crippen LogP contribution in [0.4, 0.5) is 0 Å². The van der Waals surface area contributed by atoms with Crippen molar-refractivity contribution in [2.75, 3.05) is 13.1 Å². The average molecular weight is 336 g/mol. The number of carbonyl (C=O) groups excluding carboxylic acids is 1. The first-order chi connectivity index (χ1) is 12.1. The van der Waals surface area contributed by atoms with Crippen LogP contribution < -0.4 is 5.32 Å². The number of amides is 1. The van der Waals surface area contributed by atoms with Crippen molar-refractivity contribution >= 4 is 5.91 Å². The zero-order valence-corrected chi connectivity index (χ0v) is 15.2. The Kier molecular flexibility index (Phi) is 5.54. The molecule has 3 nitrogen and oxygen atoms in total. The minimum absolute atomic E-state index is 0.0904. The van der Waals surface area contributed by atoms with Crippen LogP contribution in [0.2, 0.25) is 0 Å². The average Bonchev–Trinajstić information content (AvgIpc) is 2.63. The van der Waals surface area contributed by atoms with Crippen LogP contribution in [0, 0.1) is 0 Å². The molecule has 0 aliphatic carbocycles. The van der Waals surface area contributed by atoms with Crippen molar-refractivity contribution in [3.05, 3.63) is 71.8 Å². The van der Waals surface area contributed by atoms with E-state index in [2.05, 4.69) is 48.3 Å². The Morgan fingerprint density at radius 3 is 2.08 bits per heavy atom. The molecule has 3 rings (SSSR count). The highest BCUT2D eigenvalue weighted by molar-refractivity contribution is 5.79. The summed E-state index contributed by atoms with van der Waals surface area (Å²) in [5.74, 6) is 0.0904. The van der Waals surface area contributed by atoms with E-state index in [1.807, 2.05) is 36.4 Å². The first kappa shape index (κ1) is 17.7. The molecule has 0 saturated carbocycles. The van der Waals surface area contributed by atoms with Gasteiger partial charge in [0, 0.05) is 5.54 Å². The Bertz CT molecular complexity index is 642. The van der Waals surface area contributed by atoms with Gasteiger partial charge in [-0.25, -0.2) is 0 Å². The fourth-order valence-corrected chi connectivity index (χ4v) is 3.64. The van der Waals surface area contributed by atoms with Gasteiger partial charge in [0.2, 0.25) is 5.91 Å². The van der Waals surface area contributed by atoms with Gasteiger partial charge in [0.05, 0.1) is 12.6 Å². The zero-order valence-electron chi connectivity index (χ0n) is 15.2. The molecule has 1 saturated heterocycles.